The number of carbonyl (C=O) groups excluding carboxylic acids is 1. The predicted octanol–water partition coefficient (Wildman–Crippen LogP) is 5.56. The highest BCUT2D eigenvalue weighted by atomic mass is 32.2. The Morgan fingerprint density at radius 3 is 2.49 bits per heavy atom. The minimum Gasteiger partial charge on any atom is -0.497 e. The van der Waals surface area contributed by atoms with Gasteiger partial charge in [0.25, 0.3) is 0 Å². The predicted molar refractivity (Wildman–Crippen MR) is 141 cm³/mol. The quantitative estimate of drug-likeness (QED) is 0.303. The minimum absolute atomic E-state index is 0.0393. The van der Waals surface area contributed by atoms with Crippen LogP contribution in [0.3, 0.4) is 0 Å². The molecule has 1 amide bonds. The van der Waals surface area contributed by atoms with Gasteiger partial charge in [0.05, 0.1) is 20.0 Å². The van der Waals surface area contributed by atoms with Gasteiger partial charge in [0, 0.05) is 23.3 Å². The number of methoxy groups -OCH3 is 2. The summed E-state index contributed by atoms with van der Waals surface area (Å²) in [5, 5.41) is 9.49. The van der Waals surface area contributed by atoms with Gasteiger partial charge in [-0.2, -0.15) is 0 Å². The van der Waals surface area contributed by atoms with Gasteiger partial charge in [-0.1, -0.05) is 24.8 Å². The number of carbonyl (C=O) groups is 1. The van der Waals surface area contributed by atoms with Crippen molar-refractivity contribution in [1.29, 1.82) is 0 Å². The first-order chi connectivity index (χ1) is 16.8. The first-order valence-electron chi connectivity index (χ1n) is 11.6. The van der Waals surface area contributed by atoms with E-state index in [9.17, 15) is 4.79 Å². The summed E-state index contributed by atoms with van der Waals surface area (Å²) in [6, 6.07) is 13.6. The molecule has 8 heteroatoms. The number of benzene rings is 2. The topological polar surface area (TPSA) is 69.5 Å². The minimum atomic E-state index is -0.304. The molecule has 184 valence electrons. The van der Waals surface area contributed by atoms with Crippen molar-refractivity contribution < 1.29 is 14.3 Å². The third-order valence-electron chi connectivity index (χ3n) is 6.37. The van der Waals surface area contributed by atoms with Gasteiger partial charge in [-0.3, -0.25) is 9.36 Å². The molecule has 0 bridgehead atoms. The first-order valence-corrected chi connectivity index (χ1v) is 12.6. The normalized spacial score (nSPS) is 16.5. The monoisotopic (exact) mass is 492 g/mol. The number of hydrogen-bond acceptors (Lipinski definition) is 6. The van der Waals surface area contributed by atoms with Crippen molar-refractivity contribution in [2.75, 3.05) is 24.9 Å². The molecule has 0 aliphatic carbocycles. The van der Waals surface area contributed by atoms with Crippen LogP contribution in [0.25, 0.3) is 11.4 Å². The van der Waals surface area contributed by atoms with E-state index < -0.39 is 0 Å². The van der Waals surface area contributed by atoms with Gasteiger partial charge in [0.2, 0.25) is 5.91 Å². The zero-order valence-corrected chi connectivity index (χ0v) is 21.8. The highest BCUT2D eigenvalue weighted by Crippen LogP contribution is 2.45. The molecule has 2 aromatic carbocycles. The molecule has 0 N–H and O–H groups in total. The molecular weight excluding hydrogens is 460 g/mol. The van der Waals surface area contributed by atoms with Crippen LogP contribution in [-0.2, 0) is 11.3 Å². The Labute approximate surface area is 211 Å². The summed E-state index contributed by atoms with van der Waals surface area (Å²) in [5.74, 6) is 2.93. The van der Waals surface area contributed by atoms with Crippen molar-refractivity contribution in [3.05, 3.63) is 60.7 Å². The number of ether oxygens (including phenoxy) is 2. The van der Waals surface area contributed by atoms with Crippen LogP contribution in [0.1, 0.15) is 38.7 Å². The number of rotatable bonds is 8. The highest BCUT2D eigenvalue weighted by Gasteiger charge is 2.40. The Bertz CT molecular complexity index is 1220. The van der Waals surface area contributed by atoms with E-state index in [4.69, 9.17) is 9.47 Å². The van der Waals surface area contributed by atoms with Crippen LogP contribution < -0.4 is 14.4 Å². The summed E-state index contributed by atoms with van der Waals surface area (Å²) in [6.07, 6.45) is 2.68. The molecule has 7 nitrogen and oxygen atoms in total. The van der Waals surface area contributed by atoms with E-state index >= 15 is 0 Å². The fourth-order valence-electron chi connectivity index (χ4n) is 4.84. The second kappa shape index (κ2) is 10.2. The number of amides is 1. The number of thioether (sulfide) groups is 1. The van der Waals surface area contributed by atoms with Crippen molar-refractivity contribution in [1.82, 2.24) is 14.8 Å². The molecule has 1 aliphatic rings. The van der Waals surface area contributed by atoms with Crippen molar-refractivity contribution >= 4 is 23.4 Å². The maximum absolute atomic E-state index is 13.6. The Hall–Kier alpha value is -3.26. The smallest absolute Gasteiger partial charge is 0.237 e. The van der Waals surface area contributed by atoms with Gasteiger partial charge in [0.1, 0.15) is 11.5 Å². The molecule has 4 rings (SSSR count). The molecule has 2 heterocycles. The molecule has 0 fully saturated rings. The molecule has 1 unspecified atom stereocenters. The van der Waals surface area contributed by atoms with E-state index in [0.29, 0.717) is 17.6 Å². The van der Waals surface area contributed by atoms with E-state index in [2.05, 4.69) is 37.5 Å². The average molecular weight is 493 g/mol. The standard InChI is InChI=1S/C27H32N4O3S/c1-7-14-30-25(19-8-10-20(33-5)11-9-19)28-29-26(30)35-17-24(32)31-23-13-12-21(34-6)15-22(23)18(2)16-27(31,3)4/h7-13,15,18H,1,14,16-17H2,2-6H3. The fraction of sp³-hybridized carbons (Fsp3) is 0.370. The molecular formula is C27H32N4O3S. The number of allylic oxidation sites excluding steroid dienone is 1. The molecule has 3 aromatic rings. The molecule has 35 heavy (non-hydrogen) atoms. The summed E-state index contributed by atoms with van der Waals surface area (Å²) in [7, 11) is 3.30. The number of fused-ring (bicyclic) bond motifs is 1. The van der Waals surface area contributed by atoms with E-state index in [1.54, 1.807) is 20.3 Å². The maximum Gasteiger partial charge on any atom is 0.237 e. The van der Waals surface area contributed by atoms with Crippen LogP contribution in [0.15, 0.2) is 60.3 Å². The largest absolute Gasteiger partial charge is 0.497 e. The first kappa shape index (κ1) is 24.9. The van der Waals surface area contributed by atoms with Crippen molar-refractivity contribution in [3.8, 4) is 22.9 Å². The third kappa shape index (κ3) is 4.93. The molecule has 0 radical (unpaired) electrons. The summed E-state index contributed by atoms with van der Waals surface area (Å²) in [5.41, 5.74) is 2.71. The lowest BCUT2D eigenvalue weighted by atomic mass is 9.80. The van der Waals surface area contributed by atoms with Crippen LogP contribution in [0.4, 0.5) is 5.69 Å². The van der Waals surface area contributed by atoms with E-state index in [1.165, 1.54) is 11.8 Å². The fourth-order valence-corrected chi connectivity index (χ4v) is 5.64. The Balaban J connectivity index is 1.59. The van der Waals surface area contributed by atoms with Gasteiger partial charge in [0.15, 0.2) is 11.0 Å². The van der Waals surface area contributed by atoms with Crippen LogP contribution >= 0.6 is 11.8 Å². The SMILES string of the molecule is C=CCn1c(SCC(=O)N2c3ccc(OC)cc3C(C)CC2(C)C)nnc1-c1ccc(OC)cc1. The Kier molecular flexibility index (Phi) is 7.21. The number of aromatic nitrogens is 3. The summed E-state index contributed by atoms with van der Waals surface area (Å²) < 4.78 is 12.7. The van der Waals surface area contributed by atoms with Crippen LogP contribution in [0.5, 0.6) is 11.5 Å². The van der Waals surface area contributed by atoms with Gasteiger partial charge < -0.3 is 14.4 Å². The zero-order chi connectivity index (χ0) is 25.2. The van der Waals surface area contributed by atoms with Crippen LogP contribution in [-0.4, -0.2) is 46.2 Å². The molecule has 1 aliphatic heterocycles. The van der Waals surface area contributed by atoms with Gasteiger partial charge in [-0.25, -0.2) is 0 Å². The van der Waals surface area contributed by atoms with E-state index in [1.807, 2.05) is 51.9 Å². The van der Waals surface area contributed by atoms with Crippen LogP contribution in [0.2, 0.25) is 0 Å². The lowest BCUT2D eigenvalue weighted by Gasteiger charge is -2.46. The molecule has 0 spiro atoms. The number of hydrogen-bond donors (Lipinski definition) is 0. The van der Waals surface area contributed by atoms with Gasteiger partial charge in [-0.15, -0.1) is 16.8 Å². The van der Waals surface area contributed by atoms with Gasteiger partial charge >= 0.3 is 0 Å². The summed E-state index contributed by atoms with van der Waals surface area (Å²) >= 11 is 1.40. The summed E-state index contributed by atoms with van der Waals surface area (Å²) in [4.78, 5) is 15.5. The molecule has 0 saturated heterocycles. The Morgan fingerprint density at radius 1 is 1.14 bits per heavy atom. The molecule has 1 atom stereocenters. The second-order valence-electron chi connectivity index (χ2n) is 9.29. The van der Waals surface area contributed by atoms with Crippen LogP contribution in [0, 0.1) is 0 Å². The lowest BCUT2D eigenvalue weighted by molar-refractivity contribution is -0.117. The van der Waals surface area contributed by atoms with E-state index in [-0.39, 0.29) is 17.2 Å². The molecule has 0 saturated carbocycles. The molecule has 1 aromatic heterocycles. The van der Waals surface area contributed by atoms with Crippen molar-refractivity contribution in [3.63, 3.8) is 0 Å². The summed E-state index contributed by atoms with van der Waals surface area (Å²) in [6.45, 7) is 10.9. The number of nitrogens with zero attached hydrogens (tertiary/aromatic N) is 4. The van der Waals surface area contributed by atoms with Crippen molar-refractivity contribution in [2.24, 2.45) is 0 Å². The third-order valence-corrected chi connectivity index (χ3v) is 7.32. The zero-order valence-electron chi connectivity index (χ0n) is 20.9. The highest BCUT2D eigenvalue weighted by molar-refractivity contribution is 7.99. The Morgan fingerprint density at radius 2 is 1.83 bits per heavy atom. The average Bonchev–Trinajstić information content (AvgIpc) is 3.24. The lowest BCUT2D eigenvalue weighted by Crippen LogP contribution is -2.52. The maximum atomic E-state index is 13.6. The van der Waals surface area contributed by atoms with E-state index in [0.717, 1.165) is 40.6 Å². The number of anilines is 1. The van der Waals surface area contributed by atoms with Crippen molar-refractivity contribution in [2.45, 2.75) is 50.4 Å². The van der Waals surface area contributed by atoms with Gasteiger partial charge in [-0.05, 0) is 74.2 Å². The second-order valence-corrected chi connectivity index (χ2v) is 10.2.